The van der Waals surface area contributed by atoms with Crippen LogP contribution in [0.1, 0.15) is 19.7 Å². The number of aromatic nitrogens is 2. The maximum absolute atomic E-state index is 9.10. The Morgan fingerprint density at radius 1 is 1.73 bits per heavy atom. The molecular weight excluding hydrogens is 140 g/mol. The zero-order valence-corrected chi connectivity index (χ0v) is 6.99. The minimum absolute atomic E-state index is 0.297. The van der Waals surface area contributed by atoms with E-state index >= 15 is 0 Å². The normalized spacial score (nSPS) is 13.4. The van der Waals surface area contributed by atoms with Crippen molar-refractivity contribution >= 4 is 0 Å². The average Bonchev–Trinajstić information content (AvgIpc) is 2.34. The van der Waals surface area contributed by atoms with Gasteiger partial charge < -0.3 is 9.67 Å². The van der Waals surface area contributed by atoms with E-state index in [9.17, 15) is 0 Å². The van der Waals surface area contributed by atoms with Crippen molar-refractivity contribution in [2.45, 2.75) is 32.9 Å². The number of nitrogens with zero attached hydrogens (tertiary/aromatic N) is 2. The molecule has 62 valence electrons. The highest BCUT2D eigenvalue weighted by Gasteiger charge is 2.01. The minimum atomic E-state index is -0.297. The van der Waals surface area contributed by atoms with Gasteiger partial charge in [0.05, 0.1) is 6.10 Å². The van der Waals surface area contributed by atoms with Crippen molar-refractivity contribution in [3.63, 3.8) is 0 Å². The molecule has 1 atom stereocenters. The molecule has 1 aromatic heterocycles. The van der Waals surface area contributed by atoms with Gasteiger partial charge in [-0.3, -0.25) is 0 Å². The van der Waals surface area contributed by atoms with Crippen LogP contribution in [0, 0.1) is 0 Å². The van der Waals surface area contributed by atoms with E-state index in [0.717, 1.165) is 12.2 Å². The summed E-state index contributed by atoms with van der Waals surface area (Å²) in [6.45, 7) is 4.48. The van der Waals surface area contributed by atoms with Gasteiger partial charge in [0.1, 0.15) is 5.82 Å². The van der Waals surface area contributed by atoms with Gasteiger partial charge >= 0.3 is 0 Å². The van der Waals surface area contributed by atoms with Gasteiger partial charge in [0, 0.05) is 25.4 Å². The molecule has 0 saturated carbocycles. The Balaban J connectivity index is 2.68. The van der Waals surface area contributed by atoms with Crippen molar-refractivity contribution in [2.75, 3.05) is 0 Å². The highest BCUT2D eigenvalue weighted by atomic mass is 16.3. The summed E-state index contributed by atoms with van der Waals surface area (Å²) in [7, 11) is 0. The van der Waals surface area contributed by atoms with Crippen LogP contribution in [0.4, 0.5) is 0 Å². The van der Waals surface area contributed by atoms with Crippen LogP contribution in [-0.4, -0.2) is 20.8 Å². The highest BCUT2D eigenvalue weighted by Crippen LogP contribution is 1.99. The summed E-state index contributed by atoms with van der Waals surface area (Å²) < 4.78 is 1.98. The van der Waals surface area contributed by atoms with Gasteiger partial charge in [0.25, 0.3) is 0 Å². The van der Waals surface area contributed by atoms with E-state index < -0.39 is 0 Å². The van der Waals surface area contributed by atoms with Crippen LogP contribution < -0.4 is 0 Å². The van der Waals surface area contributed by atoms with Crippen molar-refractivity contribution in [3.8, 4) is 0 Å². The Kier molecular flexibility index (Phi) is 2.65. The number of hydrogen-bond donors (Lipinski definition) is 1. The predicted octanol–water partition coefficient (Wildman–Crippen LogP) is 0.826. The standard InChI is InChI=1S/C8H14N2O/c1-3-8-9-4-5-10(8)6-7(2)11/h4-5,7,11H,3,6H2,1-2H3/t7-/m0/s1. The number of aliphatic hydroxyl groups is 1. The van der Waals surface area contributed by atoms with Crippen molar-refractivity contribution in [1.29, 1.82) is 0 Å². The quantitative estimate of drug-likeness (QED) is 0.700. The van der Waals surface area contributed by atoms with E-state index in [4.69, 9.17) is 5.11 Å². The summed E-state index contributed by atoms with van der Waals surface area (Å²) in [5, 5.41) is 9.10. The average molecular weight is 154 g/mol. The van der Waals surface area contributed by atoms with E-state index in [1.807, 2.05) is 10.8 Å². The lowest BCUT2D eigenvalue weighted by atomic mass is 10.4. The Morgan fingerprint density at radius 3 is 3.00 bits per heavy atom. The maximum Gasteiger partial charge on any atom is 0.108 e. The van der Waals surface area contributed by atoms with Gasteiger partial charge in [-0.15, -0.1) is 0 Å². The van der Waals surface area contributed by atoms with E-state index in [0.29, 0.717) is 6.54 Å². The summed E-state index contributed by atoms with van der Waals surface area (Å²) in [5.41, 5.74) is 0. The molecule has 0 fully saturated rings. The van der Waals surface area contributed by atoms with E-state index in [-0.39, 0.29) is 6.10 Å². The molecule has 3 nitrogen and oxygen atoms in total. The maximum atomic E-state index is 9.10. The molecule has 1 rings (SSSR count). The Labute approximate surface area is 66.7 Å². The first kappa shape index (κ1) is 8.27. The predicted molar refractivity (Wildman–Crippen MR) is 43.3 cm³/mol. The van der Waals surface area contributed by atoms with E-state index in [1.54, 1.807) is 13.1 Å². The Morgan fingerprint density at radius 2 is 2.45 bits per heavy atom. The van der Waals surface area contributed by atoms with Gasteiger partial charge in [-0.1, -0.05) is 6.92 Å². The Hall–Kier alpha value is -0.830. The van der Waals surface area contributed by atoms with Crippen LogP contribution in [0.15, 0.2) is 12.4 Å². The van der Waals surface area contributed by atoms with Crippen LogP contribution in [0.25, 0.3) is 0 Å². The SMILES string of the molecule is CCc1nccn1C[C@H](C)O. The second-order valence-electron chi connectivity index (χ2n) is 2.70. The lowest BCUT2D eigenvalue weighted by Crippen LogP contribution is -2.13. The fourth-order valence-corrected chi connectivity index (χ4v) is 1.11. The van der Waals surface area contributed by atoms with Crippen LogP contribution in [0.3, 0.4) is 0 Å². The molecule has 1 heterocycles. The van der Waals surface area contributed by atoms with Gasteiger partial charge in [-0.05, 0) is 6.92 Å². The first-order valence-electron chi connectivity index (χ1n) is 3.92. The molecule has 1 N–H and O–H groups in total. The molecule has 1 aromatic rings. The second kappa shape index (κ2) is 3.53. The third-order valence-corrected chi connectivity index (χ3v) is 1.58. The van der Waals surface area contributed by atoms with Crippen LogP contribution in [0.5, 0.6) is 0 Å². The zero-order chi connectivity index (χ0) is 8.27. The molecule has 0 aliphatic carbocycles. The molecule has 0 bridgehead atoms. The summed E-state index contributed by atoms with van der Waals surface area (Å²) in [4.78, 5) is 4.14. The van der Waals surface area contributed by atoms with E-state index in [2.05, 4.69) is 11.9 Å². The fraction of sp³-hybridized carbons (Fsp3) is 0.625. The molecule has 0 unspecified atom stereocenters. The fourth-order valence-electron chi connectivity index (χ4n) is 1.11. The van der Waals surface area contributed by atoms with Gasteiger partial charge in [-0.25, -0.2) is 4.98 Å². The smallest absolute Gasteiger partial charge is 0.108 e. The van der Waals surface area contributed by atoms with Crippen molar-refractivity contribution in [1.82, 2.24) is 9.55 Å². The molecule has 0 amide bonds. The van der Waals surface area contributed by atoms with E-state index in [1.165, 1.54) is 0 Å². The molecule has 0 aliphatic rings. The molecule has 3 heteroatoms. The summed E-state index contributed by atoms with van der Waals surface area (Å²) in [6.07, 6.45) is 4.28. The third-order valence-electron chi connectivity index (χ3n) is 1.58. The summed E-state index contributed by atoms with van der Waals surface area (Å²) >= 11 is 0. The topological polar surface area (TPSA) is 38.0 Å². The second-order valence-corrected chi connectivity index (χ2v) is 2.70. The molecule has 0 radical (unpaired) electrons. The molecule has 0 aliphatic heterocycles. The monoisotopic (exact) mass is 154 g/mol. The highest BCUT2D eigenvalue weighted by molar-refractivity contribution is 4.91. The molecule has 11 heavy (non-hydrogen) atoms. The van der Waals surface area contributed by atoms with Gasteiger partial charge in [0.2, 0.25) is 0 Å². The molecule has 0 aromatic carbocycles. The summed E-state index contributed by atoms with van der Waals surface area (Å²) in [5.74, 6) is 1.03. The number of aliphatic hydroxyl groups excluding tert-OH is 1. The third kappa shape index (κ3) is 2.05. The van der Waals surface area contributed by atoms with Crippen LogP contribution >= 0.6 is 0 Å². The van der Waals surface area contributed by atoms with Crippen LogP contribution in [-0.2, 0) is 13.0 Å². The molecule has 0 saturated heterocycles. The minimum Gasteiger partial charge on any atom is -0.392 e. The molecular formula is C8H14N2O. The first-order valence-corrected chi connectivity index (χ1v) is 3.92. The zero-order valence-electron chi connectivity index (χ0n) is 6.99. The number of rotatable bonds is 3. The number of imidazole rings is 1. The van der Waals surface area contributed by atoms with Gasteiger partial charge in [0.15, 0.2) is 0 Å². The van der Waals surface area contributed by atoms with Crippen molar-refractivity contribution in [3.05, 3.63) is 18.2 Å². The van der Waals surface area contributed by atoms with Crippen molar-refractivity contribution in [2.24, 2.45) is 0 Å². The largest absolute Gasteiger partial charge is 0.392 e. The number of hydrogen-bond acceptors (Lipinski definition) is 2. The van der Waals surface area contributed by atoms with Crippen molar-refractivity contribution < 1.29 is 5.11 Å². The lowest BCUT2D eigenvalue weighted by Gasteiger charge is -2.07. The van der Waals surface area contributed by atoms with Crippen LogP contribution in [0.2, 0.25) is 0 Å². The lowest BCUT2D eigenvalue weighted by molar-refractivity contribution is 0.172. The van der Waals surface area contributed by atoms with Gasteiger partial charge in [-0.2, -0.15) is 0 Å². The first-order chi connectivity index (χ1) is 5.24. The Bertz CT molecular complexity index is 218. The number of aryl methyl sites for hydroxylation is 1. The summed E-state index contributed by atoms with van der Waals surface area (Å²) in [6, 6.07) is 0. The molecule has 0 spiro atoms.